The lowest BCUT2D eigenvalue weighted by molar-refractivity contribution is -0.0521. The minimum atomic E-state index is -3.05. The van der Waals surface area contributed by atoms with Gasteiger partial charge in [0.1, 0.15) is 0 Å². The van der Waals surface area contributed by atoms with Gasteiger partial charge in [-0.15, -0.1) is 0 Å². The van der Waals surface area contributed by atoms with Crippen LogP contribution >= 0.6 is 11.6 Å². The van der Waals surface area contributed by atoms with Crippen molar-refractivity contribution in [2.24, 2.45) is 0 Å². The molecule has 0 radical (unpaired) electrons. The van der Waals surface area contributed by atoms with Gasteiger partial charge in [0.25, 0.3) is 0 Å². The van der Waals surface area contributed by atoms with Gasteiger partial charge in [-0.3, -0.25) is 0 Å². The van der Waals surface area contributed by atoms with E-state index in [0.29, 0.717) is 17.3 Å². The molecule has 2 rings (SSSR count). The maximum atomic E-state index is 13.6. The van der Waals surface area contributed by atoms with Gasteiger partial charge in [0.2, 0.25) is 0 Å². The zero-order chi connectivity index (χ0) is 15.4. The van der Waals surface area contributed by atoms with E-state index in [2.05, 4.69) is 10.1 Å². The molecule has 2 aromatic rings. The maximum absolute atomic E-state index is 13.6. The molecular formula is C15H13ClF3NO. The second-order valence-corrected chi connectivity index (χ2v) is 4.88. The smallest absolute Gasteiger partial charge is 0.387 e. The van der Waals surface area contributed by atoms with Gasteiger partial charge < -0.3 is 10.1 Å². The number of anilines is 1. The summed E-state index contributed by atoms with van der Waals surface area (Å²) in [5, 5.41) is 3.67. The first-order valence-electron chi connectivity index (χ1n) is 6.19. The highest BCUT2D eigenvalue weighted by Crippen LogP contribution is 2.23. The van der Waals surface area contributed by atoms with E-state index in [4.69, 9.17) is 11.6 Å². The predicted octanol–water partition coefficient (Wildman–Crippen LogP) is 5.00. The highest BCUT2D eigenvalue weighted by Gasteiger charge is 2.10. The molecule has 0 aromatic heterocycles. The van der Waals surface area contributed by atoms with Crippen LogP contribution in [0.1, 0.15) is 11.1 Å². The fourth-order valence-electron chi connectivity index (χ4n) is 1.86. The zero-order valence-corrected chi connectivity index (χ0v) is 11.9. The Hall–Kier alpha value is -1.88. The Bertz CT molecular complexity index is 634. The average Bonchev–Trinajstić information content (AvgIpc) is 2.40. The number of aryl methyl sites for hydroxylation is 1. The third-order valence-electron chi connectivity index (χ3n) is 2.94. The highest BCUT2D eigenvalue weighted by atomic mass is 35.5. The van der Waals surface area contributed by atoms with E-state index in [1.807, 2.05) is 19.1 Å². The Kier molecular flexibility index (Phi) is 4.96. The van der Waals surface area contributed by atoms with Crippen molar-refractivity contribution in [3.05, 3.63) is 58.4 Å². The number of ether oxygens (including phenoxy) is 1. The molecule has 0 bridgehead atoms. The molecule has 0 saturated carbocycles. The molecule has 0 aliphatic carbocycles. The minimum Gasteiger partial charge on any atom is -0.432 e. The van der Waals surface area contributed by atoms with Crippen molar-refractivity contribution in [3.63, 3.8) is 0 Å². The standard InChI is InChI=1S/C15H13ClF3NO/c1-9-6-11(16)3-2-10(9)8-20-12-4-5-14(13(17)7-12)21-15(18)19/h2-7,15,20H,8H2,1H3. The molecule has 0 amide bonds. The van der Waals surface area contributed by atoms with Crippen LogP contribution in [0.4, 0.5) is 18.9 Å². The summed E-state index contributed by atoms with van der Waals surface area (Å²) < 4.78 is 41.7. The van der Waals surface area contributed by atoms with Crippen LogP contribution in [0, 0.1) is 12.7 Å². The number of hydrogen-bond acceptors (Lipinski definition) is 2. The van der Waals surface area contributed by atoms with Gasteiger partial charge in [0.05, 0.1) is 0 Å². The number of alkyl halides is 2. The molecule has 0 aliphatic rings. The summed E-state index contributed by atoms with van der Waals surface area (Å²) in [7, 11) is 0. The van der Waals surface area contributed by atoms with E-state index < -0.39 is 18.2 Å². The molecule has 0 unspecified atom stereocenters. The van der Waals surface area contributed by atoms with E-state index >= 15 is 0 Å². The van der Waals surface area contributed by atoms with Crippen molar-refractivity contribution < 1.29 is 17.9 Å². The molecule has 0 aliphatic heterocycles. The normalized spacial score (nSPS) is 10.8. The summed E-state index contributed by atoms with van der Waals surface area (Å²) in [6, 6.07) is 9.23. The van der Waals surface area contributed by atoms with Gasteiger partial charge in [-0.05, 0) is 42.3 Å². The van der Waals surface area contributed by atoms with Crippen molar-refractivity contribution in [1.29, 1.82) is 0 Å². The summed E-state index contributed by atoms with van der Waals surface area (Å²) in [4.78, 5) is 0. The topological polar surface area (TPSA) is 21.3 Å². The Morgan fingerprint density at radius 1 is 1.19 bits per heavy atom. The lowest BCUT2D eigenvalue weighted by atomic mass is 10.1. The number of hydrogen-bond donors (Lipinski definition) is 1. The van der Waals surface area contributed by atoms with Crippen LogP contribution in [0.25, 0.3) is 0 Å². The second-order valence-electron chi connectivity index (χ2n) is 4.45. The number of rotatable bonds is 5. The van der Waals surface area contributed by atoms with Gasteiger partial charge in [0.15, 0.2) is 11.6 Å². The summed E-state index contributed by atoms with van der Waals surface area (Å²) in [6.45, 7) is -0.657. The monoisotopic (exact) mass is 315 g/mol. The fraction of sp³-hybridized carbons (Fsp3) is 0.200. The summed E-state index contributed by atoms with van der Waals surface area (Å²) >= 11 is 5.87. The van der Waals surface area contributed by atoms with Gasteiger partial charge >= 0.3 is 6.61 Å². The first-order valence-corrected chi connectivity index (χ1v) is 6.57. The second kappa shape index (κ2) is 6.72. The van der Waals surface area contributed by atoms with Gasteiger partial charge in [-0.2, -0.15) is 8.78 Å². The Morgan fingerprint density at radius 2 is 1.95 bits per heavy atom. The van der Waals surface area contributed by atoms with Crippen LogP contribution < -0.4 is 10.1 Å². The fourth-order valence-corrected chi connectivity index (χ4v) is 2.08. The van der Waals surface area contributed by atoms with Gasteiger partial charge in [0, 0.05) is 23.3 Å². The van der Waals surface area contributed by atoms with Gasteiger partial charge in [-0.1, -0.05) is 17.7 Å². The molecule has 2 nitrogen and oxygen atoms in total. The van der Waals surface area contributed by atoms with E-state index in [-0.39, 0.29) is 0 Å². The molecule has 6 heteroatoms. The molecule has 21 heavy (non-hydrogen) atoms. The van der Waals surface area contributed by atoms with Gasteiger partial charge in [-0.25, -0.2) is 4.39 Å². The molecule has 2 aromatic carbocycles. The van der Waals surface area contributed by atoms with Crippen molar-refractivity contribution in [2.75, 3.05) is 5.32 Å². The predicted molar refractivity (Wildman–Crippen MR) is 76.5 cm³/mol. The van der Waals surface area contributed by atoms with E-state index in [0.717, 1.165) is 17.2 Å². The maximum Gasteiger partial charge on any atom is 0.387 e. The highest BCUT2D eigenvalue weighted by molar-refractivity contribution is 6.30. The number of halogens is 4. The van der Waals surface area contributed by atoms with E-state index in [1.165, 1.54) is 12.1 Å². The van der Waals surface area contributed by atoms with E-state index in [9.17, 15) is 13.2 Å². The van der Waals surface area contributed by atoms with Crippen LogP contribution in [0.3, 0.4) is 0 Å². The Balaban J connectivity index is 2.05. The van der Waals surface area contributed by atoms with Crippen LogP contribution in [-0.4, -0.2) is 6.61 Å². The third kappa shape index (κ3) is 4.29. The molecule has 0 heterocycles. The SMILES string of the molecule is Cc1cc(Cl)ccc1CNc1ccc(OC(F)F)c(F)c1. The lowest BCUT2D eigenvalue weighted by Gasteiger charge is -2.11. The molecular weight excluding hydrogens is 303 g/mol. The molecule has 0 saturated heterocycles. The summed E-state index contributed by atoms with van der Waals surface area (Å²) in [5.41, 5.74) is 2.49. The molecule has 0 spiro atoms. The van der Waals surface area contributed by atoms with E-state index in [1.54, 1.807) is 6.07 Å². The lowest BCUT2D eigenvalue weighted by Crippen LogP contribution is -2.05. The molecule has 1 N–H and O–H groups in total. The molecule has 112 valence electrons. The Morgan fingerprint density at radius 3 is 2.57 bits per heavy atom. The van der Waals surface area contributed by atoms with Crippen molar-refractivity contribution in [1.82, 2.24) is 0 Å². The van der Waals surface area contributed by atoms with Crippen molar-refractivity contribution in [3.8, 4) is 5.75 Å². The number of nitrogens with one attached hydrogen (secondary N) is 1. The zero-order valence-electron chi connectivity index (χ0n) is 11.2. The first-order chi connectivity index (χ1) is 9.95. The van der Waals surface area contributed by atoms with Crippen LogP contribution in [0.5, 0.6) is 5.75 Å². The average molecular weight is 316 g/mol. The Labute approximate surface area is 125 Å². The summed E-state index contributed by atoms with van der Waals surface area (Å²) in [6.07, 6.45) is 0. The van der Waals surface area contributed by atoms with Crippen molar-refractivity contribution >= 4 is 17.3 Å². The quantitative estimate of drug-likeness (QED) is 0.838. The first kappa shape index (κ1) is 15.5. The molecule has 0 fully saturated rings. The van der Waals surface area contributed by atoms with Crippen molar-refractivity contribution in [2.45, 2.75) is 20.1 Å². The van der Waals surface area contributed by atoms with Crippen LogP contribution in [0.2, 0.25) is 5.02 Å². The summed E-state index contributed by atoms with van der Waals surface area (Å²) in [5.74, 6) is -1.31. The molecule has 0 atom stereocenters. The largest absolute Gasteiger partial charge is 0.432 e. The van der Waals surface area contributed by atoms with Crippen LogP contribution in [0.15, 0.2) is 36.4 Å². The minimum absolute atomic E-state index is 0.470. The number of benzene rings is 2. The van der Waals surface area contributed by atoms with Crippen LogP contribution in [-0.2, 0) is 6.54 Å². The third-order valence-corrected chi connectivity index (χ3v) is 3.17.